The molecule has 0 saturated heterocycles. The first-order valence-electron chi connectivity index (χ1n) is 24.2. The van der Waals surface area contributed by atoms with Gasteiger partial charge in [-0.3, -0.25) is 0 Å². The maximum absolute atomic E-state index is 7.92. The lowest BCUT2D eigenvalue weighted by Crippen LogP contribution is -2.55. The normalized spacial score (nSPS) is 11.9. The molecule has 1 nitrogen and oxygen atoms in total. The minimum atomic E-state index is 1.02. The summed E-state index contributed by atoms with van der Waals surface area (Å²) in [7, 11) is 56.5. The Bertz CT molecular complexity index is 3710. The van der Waals surface area contributed by atoms with Crippen LogP contribution < -0.4 is 131 Å². The molecule has 9 rings (SSSR count). The second-order valence-corrected chi connectivity index (χ2v) is 21.0. The minimum Gasteiger partial charge on any atom is -0.455 e. The molecule has 0 aliphatic rings. The maximum atomic E-state index is 7.92. The van der Waals surface area contributed by atoms with Gasteiger partial charge in [0.25, 0.3) is 0 Å². The van der Waals surface area contributed by atoms with Gasteiger partial charge in [-0.15, -0.1) is 60.1 Å². The average Bonchev–Trinajstić information content (AvgIpc) is 3.67. The lowest BCUT2D eigenvalue weighted by molar-refractivity contribution is 0.675. The van der Waals surface area contributed by atoms with E-state index < -0.39 is 0 Å². The van der Waals surface area contributed by atoms with Crippen LogP contribution in [0.5, 0.6) is 0 Å². The highest BCUT2D eigenvalue weighted by molar-refractivity contribution is 6.77. The molecule has 0 radical (unpaired) electrons. The molecule has 0 amide bonds. The Hall–Kier alpha value is -3.84. The van der Waals surface area contributed by atoms with Gasteiger partial charge in [0, 0.05) is 21.7 Å². The zero-order valence-corrected chi connectivity index (χ0v) is 44.4. The molecule has 0 atom stereocenters. The fraction of sp³-hybridized carbons (Fsp3) is 0. The summed E-state index contributed by atoms with van der Waals surface area (Å²) in [6.45, 7) is 0. The lowest BCUT2D eigenvalue weighted by atomic mass is 9.56. The van der Waals surface area contributed by atoms with Gasteiger partial charge in [0.2, 0.25) is 0 Å². The van der Waals surface area contributed by atoms with E-state index in [1.165, 1.54) is 207 Å². The third-order valence-electron chi connectivity index (χ3n) is 19.0. The van der Waals surface area contributed by atoms with Crippen LogP contribution in [0.1, 0.15) is 0 Å². The summed E-state index contributed by atoms with van der Waals surface area (Å²) in [4.78, 5) is 0. The summed E-state index contributed by atoms with van der Waals surface area (Å²) in [6, 6.07) is 0. The molecular weight excluding hydrogens is 756 g/mol. The molecule has 0 saturated carbocycles. The smallest absolute Gasteiger partial charge is 0.143 e. The molecule has 1 aromatic heterocycles. The maximum Gasteiger partial charge on any atom is 0.143 e. The third kappa shape index (κ3) is 5.75. The molecule has 0 aliphatic heterocycles. The van der Waals surface area contributed by atoms with Crippen LogP contribution in [0.2, 0.25) is 0 Å². The standard InChI is InChI=1S/C40H48B24O/c41-15-3-1(11-22(48)35(61)38(64)36(62)23(11)49)4-6(18(44)31(57)29(55)16(4)42)2(5(3)17(43)30(56)28(15)54)12-24(50)27(53)26(52)14-10-8-7(19(45)32(58)33(59)20(8)46)9-13(39(10)65-40(12)14)25(51)37(63)34(60)21(9)47/h41-64H2. The van der Waals surface area contributed by atoms with E-state index in [1.54, 1.807) is 0 Å². The molecule has 8 aromatic carbocycles. The van der Waals surface area contributed by atoms with Gasteiger partial charge < -0.3 is 4.42 Å². The molecule has 0 unspecified atom stereocenters. The Morgan fingerprint density at radius 1 is 0.138 bits per heavy atom. The fourth-order valence-corrected chi connectivity index (χ4v) is 12.9. The molecular formula is C40H48B24O. The number of rotatable bonds is 2. The van der Waals surface area contributed by atoms with E-state index >= 15 is 0 Å². The van der Waals surface area contributed by atoms with E-state index in [9.17, 15) is 0 Å². The average molecular weight is 804 g/mol. The largest absolute Gasteiger partial charge is 0.455 e. The van der Waals surface area contributed by atoms with Crippen molar-refractivity contribution in [2.24, 2.45) is 0 Å². The summed E-state index contributed by atoms with van der Waals surface area (Å²) in [5, 5.41) is 13.4. The summed E-state index contributed by atoms with van der Waals surface area (Å²) in [6.07, 6.45) is 0. The molecule has 286 valence electrons. The lowest BCUT2D eigenvalue weighted by Gasteiger charge is -2.31. The van der Waals surface area contributed by atoms with Crippen LogP contribution in [0.4, 0.5) is 0 Å². The van der Waals surface area contributed by atoms with Gasteiger partial charge >= 0.3 is 0 Å². The second-order valence-electron chi connectivity index (χ2n) is 21.0. The summed E-state index contributed by atoms with van der Waals surface area (Å²) in [5.41, 5.74) is 40.3. The molecule has 25 heteroatoms. The van der Waals surface area contributed by atoms with Crippen LogP contribution in [-0.2, 0) is 0 Å². The van der Waals surface area contributed by atoms with Crippen LogP contribution in [0, 0.1) is 0 Å². The van der Waals surface area contributed by atoms with Crippen LogP contribution in [0.25, 0.3) is 87.3 Å². The molecule has 0 spiro atoms. The monoisotopic (exact) mass is 809 g/mol. The predicted octanol–water partition coefficient (Wildman–Crippen LogP) is -30.3. The number of benzene rings is 8. The summed E-state index contributed by atoms with van der Waals surface area (Å²) < 4.78 is 7.92. The molecule has 0 N–H and O–H groups in total. The van der Waals surface area contributed by atoms with Crippen molar-refractivity contribution >= 4 is 384 Å². The summed E-state index contributed by atoms with van der Waals surface area (Å²) >= 11 is 0. The van der Waals surface area contributed by atoms with Crippen LogP contribution >= 0.6 is 0 Å². The van der Waals surface area contributed by atoms with Gasteiger partial charge in [-0.2, -0.15) is 0 Å². The number of furan rings is 1. The zero-order chi connectivity index (χ0) is 47.8. The van der Waals surface area contributed by atoms with E-state index in [2.05, 4.69) is 188 Å². The van der Waals surface area contributed by atoms with Crippen LogP contribution in [-0.4, -0.2) is 188 Å². The number of fused-ring (bicyclic) bond motifs is 10. The van der Waals surface area contributed by atoms with E-state index in [0.29, 0.717) is 0 Å². The Kier molecular flexibility index (Phi) is 10.9. The molecule has 9 aromatic rings. The van der Waals surface area contributed by atoms with Gasteiger partial charge in [-0.1, -0.05) is 71.0 Å². The molecule has 1 heterocycles. The Morgan fingerprint density at radius 3 is 0.692 bits per heavy atom. The van der Waals surface area contributed by atoms with Gasteiger partial charge in [-0.25, -0.2) is 0 Å². The van der Waals surface area contributed by atoms with Crippen molar-refractivity contribution in [3.8, 4) is 22.3 Å². The van der Waals surface area contributed by atoms with Crippen molar-refractivity contribution < 1.29 is 4.42 Å². The highest BCUT2D eigenvalue weighted by Gasteiger charge is 2.32. The van der Waals surface area contributed by atoms with E-state index in [1.807, 2.05) is 0 Å². The van der Waals surface area contributed by atoms with Crippen LogP contribution in [0.3, 0.4) is 0 Å². The van der Waals surface area contributed by atoms with Crippen molar-refractivity contribution in [2.45, 2.75) is 0 Å². The fourth-order valence-electron chi connectivity index (χ4n) is 12.9. The van der Waals surface area contributed by atoms with E-state index in [-0.39, 0.29) is 0 Å². The van der Waals surface area contributed by atoms with Gasteiger partial charge in [-0.05, 0) is 54.4 Å². The van der Waals surface area contributed by atoms with Gasteiger partial charge in [0.15, 0.2) is 0 Å². The van der Waals surface area contributed by atoms with Crippen LogP contribution in [0.15, 0.2) is 4.42 Å². The predicted molar refractivity (Wildman–Crippen MR) is 371 cm³/mol. The van der Waals surface area contributed by atoms with Crippen molar-refractivity contribution in [3.63, 3.8) is 0 Å². The van der Waals surface area contributed by atoms with Crippen molar-refractivity contribution in [1.82, 2.24) is 0 Å². The molecule has 0 fully saturated rings. The van der Waals surface area contributed by atoms with E-state index in [4.69, 9.17) is 4.42 Å². The first-order chi connectivity index (χ1) is 30.3. The quantitative estimate of drug-likeness (QED) is 0.0964. The SMILES string of the molecule is Bc1c(B)c(B)c(-c2c3c(B)c(B)c(B)c(B)c3c(-c3c(B)c(B)c(B)c4c3oc3c5c(B)c(B)c(B)c(B)c5c5c(B)c(B)c(B)c(B)c5c34)c3c(B)c(B)c(B)c(B)c23)c(B)c1B. The zero-order valence-electron chi connectivity index (χ0n) is 44.4. The van der Waals surface area contributed by atoms with Gasteiger partial charge in [0.1, 0.15) is 199 Å². The molecule has 0 aliphatic carbocycles. The Labute approximate surface area is 408 Å². The topological polar surface area (TPSA) is 13.1 Å². The highest BCUT2D eigenvalue weighted by atomic mass is 16.3. The molecule has 65 heavy (non-hydrogen) atoms. The Balaban J connectivity index is 1.71. The first-order valence-corrected chi connectivity index (χ1v) is 24.2. The first kappa shape index (κ1) is 46.3. The van der Waals surface area contributed by atoms with Gasteiger partial charge in [0.05, 0.1) is 0 Å². The number of hydrogen-bond acceptors (Lipinski definition) is 1. The highest BCUT2D eigenvalue weighted by Crippen LogP contribution is 2.44. The Morgan fingerprint density at radius 2 is 0.338 bits per heavy atom. The molecule has 0 bridgehead atoms. The minimum absolute atomic E-state index is 1.02. The van der Waals surface area contributed by atoms with E-state index in [0.717, 1.165) is 11.2 Å². The second kappa shape index (κ2) is 15.3. The third-order valence-corrected chi connectivity index (χ3v) is 19.0. The van der Waals surface area contributed by atoms with Crippen molar-refractivity contribution in [2.75, 3.05) is 0 Å². The summed E-state index contributed by atoms with van der Waals surface area (Å²) in [5.74, 6) is 0. The number of hydrogen-bond donors (Lipinski definition) is 0. The van der Waals surface area contributed by atoms with Crippen molar-refractivity contribution in [3.05, 3.63) is 0 Å². The van der Waals surface area contributed by atoms with Crippen molar-refractivity contribution in [1.29, 1.82) is 0 Å².